The van der Waals surface area contributed by atoms with Crippen LogP contribution in [0.1, 0.15) is 33.2 Å². The van der Waals surface area contributed by atoms with Gasteiger partial charge in [-0.3, -0.25) is 9.59 Å². The molecule has 2 aromatic carbocycles. The van der Waals surface area contributed by atoms with E-state index in [4.69, 9.17) is 0 Å². The second-order valence-electron chi connectivity index (χ2n) is 4.51. The summed E-state index contributed by atoms with van der Waals surface area (Å²) in [5.74, 6) is -0.987. The summed E-state index contributed by atoms with van der Waals surface area (Å²) in [6, 6.07) is 13.2. The Morgan fingerprint density at radius 1 is 0.950 bits per heavy atom. The van der Waals surface area contributed by atoms with Crippen molar-refractivity contribution < 1.29 is 14.7 Å². The average Bonchev–Trinajstić information content (AvgIpc) is 2.47. The summed E-state index contributed by atoms with van der Waals surface area (Å²) in [6.45, 7) is 5.12. The van der Waals surface area contributed by atoms with Crippen molar-refractivity contribution in [3.8, 4) is 5.75 Å². The van der Waals surface area contributed by atoms with Crippen LogP contribution in [0.3, 0.4) is 0 Å². The maximum atomic E-state index is 12.3. The van der Waals surface area contributed by atoms with E-state index < -0.39 is 0 Å². The van der Waals surface area contributed by atoms with E-state index in [0.29, 0.717) is 11.1 Å². The standard InChI is InChI=1S/C17H14O3/c1-11(2)15(18)13-9-6-10-14(17(13)20)16(19)12-7-4-3-5-8-12/h3-10,20H,1H2,2H3. The lowest BCUT2D eigenvalue weighted by Gasteiger charge is -2.08. The summed E-state index contributed by atoms with van der Waals surface area (Å²) in [6.07, 6.45) is 0. The third-order valence-corrected chi connectivity index (χ3v) is 2.95. The van der Waals surface area contributed by atoms with Crippen LogP contribution in [0.4, 0.5) is 0 Å². The van der Waals surface area contributed by atoms with Crippen molar-refractivity contribution >= 4 is 11.6 Å². The smallest absolute Gasteiger partial charge is 0.196 e. The van der Waals surface area contributed by atoms with Crippen molar-refractivity contribution in [2.75, 3.05) is 0 Å². The first kappa shape index (κ1) is 13.7. The lowest BCUT2D eigenvalue weighted by molar-refractivity contribution is 0.103. The molecule has 0 bridgehead atoms. The van der Waals surface area contributed by atoms with E-state index in [2.05, 4.69) is 6.58 Å². The number of aromatic hydroxyl groups is 1. The normalized spacial score (nSPS) is 10.1. The van der Waals surface area contributed by atoms with Crippen molar-refractivity contribution in [2.24, 2.45) is 0 Å². The molecule has 0 heterocycles. The number of para-hydroxylation sites is 1. The van der Waals surface area contributed by atoms with E-state index >= 15 is 0 Å². The number of rotatable bonds is 4. The molecule has 0 atom stereocenters. The van der Waals surface area contributed by atoms with Crippen molar-refractivity contribution in [2.45, 2.75) is 6.92 Å². The summed E-state index contributed by atoms with van der Waals surface area (Å²) in [5, 5.41) is 10.2. The van der Waals surface area contributed by atoms with Crippen molar-refractivity contribution in [3.05, 3.63) is 77.4 Å². The molecule has 3 heteroatoms. The number of allylic oxidation sites excluding steroid dienone is 1. The Kier molecular flexibility index (Phi) is 3.80. The Bertz CT molecular complexity index is 685. The molecule has 0 aliphatic heterocycles. The molecule has 100 valence electrons. The predicted octanol–water partition coefficient (Wildman–Crippen LogP) is 3.38. The van der Waals surface area contributed by atoms with Gasteiger partial charge < -0.3 is 5.11 Å². The summed E-state index contributed by atoms with van der Waals surface area (Å²) in [7, 11) is 0. The van der Waals surface area contributed by atoms with Crippen molar-refractivity contribution in [3.63, 3.8) is 0 Å². The first-order valence-electron chi connectivity index (χ1n) is 6.14. The number of carbonyl (C=O) groups is 2. The molecule has 0 aliphatic carbocycles. The Morgan fingerprint density at radius 2 is 1.55 bits per heavy atom. The van der Waals surface area contributed by atoms with Crippen molar-refractivity contribution in [1.82, 2.24) is 0 Å². The minimum Gasteiger partial charge on any atom is -0.506 e. The van der Waals surface area contributed by atoms with E-state index in [-0.39, 0.29) is 28.4 Å². The fraction of sp³-hybridized carbons (Fsp3) is 0.0588. The third kappa shape index (κ3) is 2.52. The lowest BCUT2D eigenvalue weighted by Crippen LogP contribution is -2.06. The van der Waals surface area contributed by atoms with E-state index in [1.807, 2.05) is 0 Å². The van der Waals surface area contributed by atoms with Gasteiger partial charge in [-0.2, -0.15) is 0 Å². The largest absolute Gasteiger partial charge is 0.506 e. The Morgan fingerprint density at radius 3 is 2.15 bits per heavy atom. The van der Waals surface area contributed by atoms with Crippen LogP contribution < -0.4 is 0 Å². The second kappa shape index (κ2) is 5.53. The van der Waals surface area contributed by atoms with Crippen LogP contribution in [0.2, 0.25) is 0 Å². The van der Waals surface area contributed by atoms with Crippen LogP contribution in [-0.4, -0.2) is 16.7 Å². The van der Waals surface area contributed by atoms with Gasteiger partial charge in [0.25, 0.3) is 0 Å². The number of ketones is 2. The molecule has 20 heavy (non-hydrogen) atoms. The molecular formula is C17H14O3. The fourth-order valence-corrected chi connectivity index (χ4v) is 1.88. The average molecular weight is 266 g/mol. The lowest BCUT2D eigenvalue weighted by atomic mass is 9.97. The highest BCUT2D eigenvalue weighted by Gasteiger charge is 2.19. The minimum absolute atomic E-state index is 0.0966. The molecule has 3 nitrogen and oxygen atoms in total. The SMILES string of the molecule is C=C(C)C(=O)c1cccc(C(=O)c2ccccc2)c1O. The van der Waals surface area contributed by atoms with Gasteiger partial charge in [0.1, 0.15) is 5.75 Å². The van der Waals surface area contributed by atoms with E-state index in [9.17, 15) is 14.7 Å². The monoisotopic (exact) mass is 266 g/mol. The highest BCUT2D eigenvalue weighted by Crippen LogP contribution is 2.26. The van der Waals surface area contributed by atoms with E-state index in [1.54, 1.807) is 43.3 Å². The predicted molar refractivity (Wildman–Crippen MR) is 77.1 cm³/mol. The second-order valence-corrected chi connectivity index (χ2v) is 4.51. The Balaban J connectivity index is 2.49. The molecule has 0 spiro atoms. The van der Waals surface area contributed by atoms with Gasteiger partial charge in [0, 0.05) is 5.56 Å². The molecular weight excluding hydrogens is 252 g/mol. The zero-order valence-corrected chi connectivity index (χ0v) is 11.1. The molecule has 0 aliphatic rings. The topological polar surface area (TPSA) is 54.4 Å². The highest BCUT2D eigenvalue weighted by atomic mass is 16.3. The molecule has 0 amide bonds. The van der Waals surface area contributed by atoms with Gasteiger partial charge >= 0.3 is 0 Å². The zero-order chi connectivity index (χ0) is 14.7. The summed E-state index contributed by atoms with van der Waals surface area (Å²) in [5.41, 5.74) is 0.981. The molecule has 0 unspecified atom stereocenters. The number of Topliss-reactive ketones (excluding diaryl/α,β-unsaturated/α-hetero) is 1. The number of carbonyl (C=O) groups excluding carboxylic acids is 2. The quantitative estimate of drug-likeness (QED) is 0.681. The Labute approximate surface area is 117 Å². The molecule has 0 saturated heterocycles. The van der Waals surface area contributed by atoms with Gasteiger partial charge in [-0.15, -0.1) is 0 Å². The molecule has 0 saturated carbocycles. The number of hydrogen-bond acceptors (Lipinski definition) is 3. The van der Waals surface area contributed by atoms with Gasteiger partial charge in [0.2, 0.25) is 0 Å². The van der Waals surface area contributed by atoms with Crippen LogP contribution in [0.15, 0.2) is 60.7 Å². The summed E-state index contributed by atoms with van der Waals surface area (Å²) < 4.78 is 0. The first-order valence-corrected chi connectivity index (χ1v) is 6.14. The molecule has 1 N–H and O–H groups in total. The highest BCUT2D eigenvalue weighted by molar-refractivity contribution is 6.15. The molecule has 0 aromatic heterocycles. The van der Waals surface area contributed by atoms with Gasteiger partial charge in [0.05, 0.1) is 11.1 Å². The maximum absolute atomic E-state index is 12.3. The van der Waals surface area contributed by atoms with Crippen LogP contribution in [0, 0.1) is 0 Å². The first-order chi connectivity index (χ1) is 9.52. The number of phenols is 1. The van der Waals surface area contributed by atoms with Crippen molar-refractivity contribution in [1.29, 1.82) is 0 Å². The number of benzene rings is 2. The van der Waals surface area contributed by atoms with Gasteiger partial charge in [-0.1, -0.05) is 43.0 Å². The van der Waals surface area contributed by atoms with Gasteiger partial charge in [0.15, 0.2) is 11.6 Å². The summed E-state index contributed by atoms with van der Waals surface area (Å²) in [4.78, 5) is 24.2. The molecule has 2 aromatic rings. The van der Waals surface area contributed by atoms with Crippen LogP contribution in [0.25, 0.3) is 0 Å². The molecule has 2 rings (SSSR count). The van der Waals surface area contributed by atoms with Crippen LogP contribution in [-0.2, 0) is 0 Å². The maximum Gasteiger partial charge on any atom is 0.196 e. The van der Waals surface area contributed by atoms with Gasteiger partial charge in [-0.05, 0) is 24.6 Å². The van der Waals surface area contributed by atoms with E-state index in [0.717, 1.165) is 0 Å². The van der Waals surface area contributed by atoms with Gasteiger partial charge in [-0.25, -0.2) is 0 Å². The molecule has 0 fully saturated rings. The fourth-order valence-electron chi connectivity index (χ4n) is 1.88. The van der Waals surface area contributed by atoms with Crippen LogP contribution in [0.5, 0.6) is 5.75 Å². The third-order valence-electron chi connectivity index (χ3n) is 2.95. The minimum atomic E-state index is -0.370. The van der Waals surface area contributed by atoms with Crippen LogP contribution >= 0.6 is 0 Å². The van der Waals surface area contributed by atoms with E-state index in [1.165, 1.54) is 12.1 Å². The zero-order valence-electron chi connectivity index (χ0n) is 11.1. The number of hydrogen-bond donors (Lipinski definition) is 1. The number of phenolic OH excluding ortho intramolecular Hbond substituents is 1. The molecule has 0 radical (unpaired) electrons. The summed E-state index contributed by atoms with van der Waals surface area (Å²) >= 11 is 0. The Hall–Kier alpha value is -2.68.